The monoisotopic (exact) mass is 1170 g/mol. The Morgan fingerprint density at radius 1 is 0.965 bits per heavy atom. The minimum Gasteiger partial charge on any atom is -0.504 e. The highest BCUT2D eigenvalue weighted by Gasteiger charge is 2.60. The maximum Gasteiger partial charge on any atom is 0.302 e. The second-order valence-electron chi connectivity index (χ2n) is 25.8. The summed E-state index contributed by atoms with van der Waals surface area (Å²) >= 11 is 0. The number of nitrogens with one attached hydrogen (secondary N) is 5. The number of aliphatic hydroxyl groups is 1. The first kappa shape index (κ1) is 57.3. The molecule has 3 aromatic heterocycles. The Hall–Kier alpha value is -7.77. The van der Waals surface area contributed by atoms with Crippen LogP contribution in [0, 0.1) is 52.3 Å². The molecule has 18 heteroatoms. The van der Waals surface area contributed by atoms with Crippen LogP contribution >= 0.6 is 0 Å². The number of esters is 1. The van der Waals surface area contributed by atoms with Crippen molar-refractivity contribution in [3.8, 4) is 52.4 Å². The number of phenolic OH excluding ortho intramolecular Hbond substituents is 3. The van der Waals surface area contributed by atoms with Gasteiger partial charge in [0.15, 0.2) is 29.0 Å². The number of hydrogen-bond donors (Lipinski definition) is 10. The topological polar surface area (TPSA) is 255 Å². The summed E-state index contributed by atoms with van der Waals surface area (Å²) in [7, 11) is 0. The Morgan fingerprint density at radius 2 is 1.83 bits per heavy atom. The first-order valence-electron chi connectivity index (χ1n) is 31.2. The van der Waals surface area contributed by atoms with Gasteiger partial charge in [-0.3, -0.25) is 20.1 Å². The number of carbonyl (C=O) groups excluding carboxylic acids is 1. The van der Waals surface area contributed by atoms with E-state index < -0.39 is 65.6 Å². The zero-order valence-corrected chi connectivity index (χ0v) is 49.0. The fourth-order valence-electron chi connectivity index (χ4n) is 15.8. The van der Waals surface area contributed by atoms with Gasteiger partial charge in [-0.05, 0) is 128 Å². The maximum absolute atomic E-state index is 13.5. The van der Waals surface area contributed by atoms with Crippen LogP contribution < -0.4 is 36.5 Å². The molecule has 12 atom stereocenters. The summed E-state index contributed by atoms with van der Waals surface area (Å²) in [5.41, 5.74) is 8.99. The number of aromatic nitrogens is 3. The highest BCUT2D eigenvalue weighted by Crippen LogP contribution is 2.52. The van der Waals surface area contributed by atoms with Crippen molar-refractivity contribution in [2.75, 3.05) is 19.7 Å². The van der Waals surface area contributed by atoms with Crippen molar-refractivity contribution in [3.63, 3.8) is 0 Å². The first-order chi connectivity index (χ1) is 41.8. The fraction of sp³-hybridized carbons (Fsp3) is 0.515. The van der Waals surface area contributed by atoms with Crippen molar-refractivity contribution in [2.24, 2.45) is 39.3 Å². The average Bonchev–Trinajstić information content (AvgIpc) is 1.82. The van der Waals surface area contributed by atoms with Gasteiger partial charge >= 0.3 is 5.97 Å². The van der Waals surface area contributed by atoms with E-state index in [0.29, 0.717) is 81.1 Å². The van der Waals surface area contributed by atoms with E-state index >= 15 is 0 Å². The zero-order valence-electron chi connectivity index (χ0n) is 49.0. The predicted molar refractivity (Wildman–Crippen MR) is 325 cm³/mol. The highest BCUT2D eigenvalue weighted by atomic mass is 16.6. The zero-order chi connectivity index (χ0) is 59.0. The lowest BCUT2D eigenvalue weighted by molar-refractivity contribution is -0.174. The number of phenols is 3. The summed E-state index contributed by atoms with van der Waals surface area (Å²) in [6.07, 6.45) is 22.9. The smallest absolute Gasteiger partial charge is 0.302 e. The number of benzene rings is 2. The second-order valence-corrected chi connectivity index (χ2v) is 25.8. The van der Waals surface area contributed by atoms with Crippen molar-refractivity contribution < 1.29 is 44.2 Å². The number of nitrogens with two attached hydrogens (primary N) is 1. The van der Waals surface area contributed by atoms with Gasteiger partial charge < -0.3 is 70.6 Å². The molecule has 1 spiro atoms. The van der Waals surface area contributed by atoms with Crippen LogP contribution in [-0.2, 0) is 27.1 Å². The van der Waals surface area contributed by atoms with E-state index in [1.165, 1.54) is 18.6 Å². The SMILES string of the molecule is CC(=O)OC1CC(c2cc(O)c(O)c(OCCc3cccnc3)c2)OC(C23CC#CC4CCCCC4NC(O)C4C(n5cc6cc[nH]c6c5)NC(=NCC5(CC6=CCNC(N)=C6)CCCC5)NC45CCCC(Oc4cc(ccc4O)C2)C5C#CC3)C1. The number of hydrogen-bond acceptors (Lipinski definition) is 14. The maximum atomic E-state index is 13.5. The van der Waals surface area contributed by atoms with E-state index in [1.54, 1.807) is 24.5 Å². The van der Waals surface area contributed by atoms with Crippen molar-refractivity contribution >= 4 is 22.8 Å². The molecule has 11 N–H and O–H groups in total. The van der Waals surface area contributed by atoms with Gasteiger partial charge in [-0.1, -0.05) is 55.7 Å². The summed E-state index contributed by atoms with van der Waals surface area (Å²) in [5, 5.41) is 64.0. The molecule has 3 saturated carbocycles. The number of aliphatic imine (C=N–C) groups is 1. The third kappa shape index (κ3) is 11.8. The van der Waals surface area contributed by atoms with Gasteiger partial charge in [0.1, 0.15) is 24.6 Å². The molecule has 5 fully saturated rings. The van der Waals surface area contributed by atoms with Gasteiger partial charge in [0.25, 0.3) is 0 Å². The molecule has 13 rings (SSSR count). The number of nitrogens with zero attached hydrogens (tertiary/aromatic N) is 3. The lowest BCUT2D eigenvalue weighted by atomic mass is 9.61. The minimum absolute atomic E-state index is 0.00240. The number of allylic oxidation sites excluding steroid dienone is 2. The average molecular weight is 1170 g/mol. The summed E-state index contributed by atoms with van der Waals surface area (Å²) in [5.74, 6) is 14.6. The first-order valence-corrected chi connectivity index (χ1v) is 31.2. The standard InChI is InChI=1S/C68H81N9O9/c1-42(78)84-49-34-56(48-32-54(80)62(81)58(33-48)83-29-20-43-10-9-26-70-38-43)86-59(35-49)67-23-6-12-46-11-2-3-14-51(46)74-64(82)61-63(77-39-47-19-28-71-52(47)40-77)75-65(73-41-66(21-4-5-22-66)36-45-18-27-72-60(69)31-45)76-68(61)25-8-15-55(50(68)13-7-24-67)85-57-30-44(37-67)16-17-53(57)79/h9-10,16-19,26,28,30-33,38-40,46,49-51,55-56,59,61,63-64,71-72,74,79-82H,2-5,8,11,14-15,20-25,27,29,34-37,41,69H2,1H3,(H2,73,75,76). The van der Waals surface area contributed by atoms with Crippen LogP contribution in [0.3, 0.4) is 0 Å². The predicted octanol–water partition coefficient (Wildman–Crippen LogP) is 8.69. The number of aliphatic hydroxyl groups excluding tert-OH is 1. The Bertz CT molecular complexity index is 3500. The van der Waals surface area contributed by atoms with Crippen LogP contribution in [0.15, 0.2) is 108 Å². The molecule has 452 valence electrons. The molecule has 12 unspecified atom stereocenters. The van der Waals surface area contributed by atoms with E-state index in [-0.39, 0.29) is 53.4 Å². The number of carbonyl (C=O) groups is 1. The molecule has 5 aromatic rings. The molecular formula is C68H81N9O9. The molecule has 0 radical (unpaired) electrons. The van der Waals surface area contributed by atoms with Gasteiger partial charge in [-0.15, -0.1) is 11.8 Å². The molecule has 4 bridgehead atoms. The number of ether oxygens (including phenoxy) is 4. The van der Waals surface area contributed by atoms with Gasteiger partial charge in [-0.25, -0.2) is 0 Å². The van der Waals surface area contributed by atoms with E-state index in [0.717, 1.165) is 86.2 Å². The molecule has 8 aliphatic rings. The van der Waals surface area contributed by atoms with Gasteiger partial charge in [0.05, 0.1) is 47.5 Å². The Labute approximate surface area is 502 Å². The van der Waals surface area contributed by atoms with Crippen molar-refractivity contribution in [3.05, 3.63) is 120 Å². The number of aromatic hydroxyl groups is 3. The van der Waals surface area contributed by atoms with E-state index in [1.807, 2.05) is 30.5 Å². The quantitative estimate of drug-likeness (QED) is 0.0319. The summed E-state index contributed by atoms with van der Waals surface area (Å²) in [6.45, 7) is 2.89. The third-order valence-corrected chi connectivity index (χ3v) is 20.0. The Kier molecular flexibility index (Phi) is 16.1. The number of H-pyrrole nitrogens is 1. The summed E-state index contributed by atoms with van der Waals surface area (Å²) in [6, 6.07) is 14.5. The van der Waals surface area contributed by atoms with Crippen LogP contribution in [-0.4, -0.2) is 103 Å². The van der Waals surface area contributed by atoms with Gasteiger partial charge in [0, 0.05) is 106 Å². The number of dihydropyridines is 1. The van der Waals surface area contributed by atoms with E-state index in [2.05, 4.69) is 90.1 Å². The van der Waals surface area contributed by atoms with Crippen molar-refractivity contribution in [1.29, 1.82) is 0 Å². The van der Waals surface area contributed by atoms with Gasteiger partial charge in [0.2, 0.25) is 5.75 Å². The lowest BCUT2D eigenvalue weighted by Gasteiger charge is -2.57. The molecule has 18 nitrogen and oxygen atoms in total. The van der Waals surface area contributed by atoms with Gasteiger partial charge in [-0.2, -0.15) is 0 Å². The van der Waals surface area contributed by atoms with Crippen LogP contribution in [0.5, 0.6) is 28.7 Å². The molecule has 8 heterocycles. The number of fused-ring (bicyclic) bond motifs is 6. The van der Waals surface area contributed by atoms with E-state index in [4.69, 9.17) is 29.7 Å². The molecule has 5 aliphatic heterocycles. The second kappa shape index (κ2) is 24.2. The van der Waals surface area contributed by atoms with E-state index in [9.17, 15) is 25.2 Å². The number of pyridine rings is 1. The molecule has 86 heavy (non-hydrogen) atoms. The highest BCUT2D eigenvalue weighted by molar-refractivity contribution is 5.83. The normalized spacial score (nSPS) is 31.6. The lowest BCUT2D eigenvalue weighted by Crippen LogP contribution is -2.75. The number of aromatic amines is 1. The van der Waals surface area contributed by atoms with Crippen LogP contribution in [0.1, 0.15) is 139 Å². The summed E-state index contributed by atoms with van der Waals surface area (Å²) in [4.78, 5) is 26.3. The largest absolute Gasteiger partial charge is 0.504 e. The number of rotatable bonds is 12. The summed E-state index contributed by atoms with van der Waals surface area (Å²) < 4.78 is 29.2. The fourth-order valence-corrected chi connectivity index (χ4v) is 15.8. The Morgan fingerprint density at radius 3 is 2.65 bits per heavy atom. The molecule has 0 amide bonds. The van der Waals surface area contributed by atoms with Crippen molar-refractivity contribution in [1.82, 2.24) is 35.8 Å². The van der Waals surface area contributed by atoms with Crippen LogP contribution in [0.4, 0.5) is 0 Å². The Balaban J connectivity index is 0.943. The molecule has 2 aromatic carbocycles. The van der Waals surface area contributed by atoms with Crippen LogP contribution in [0.2, 0.25) is 0 Å². The van der Waals surface area contributed by atoms with Crippen molar-refractivity contribution in [2.45, 2.75) is 171 Å². The molecule has 3 aliphatic carbocycles. The number of guanidine groups is 1. The van der Waals surface area contributed by atoms with Crippen LogP contribution in [0.25, 0.3) is 10.9 Å². The molecular weight excluding hydrogens is 1090 g/mol. The minimum atomic E-state index is -1.06. The molecule has 2 saturated heterocycles. The third-order valence-electron chi connectivity index (χ3n) is 20.0.